The van der Waals surface area contributed by atoms with E-state index in [-0.39, 0.29) is 59.9 Å². The van der Waals surface area contributed by atoms with E-state index in [1.54, 1.807) is 36.4 Å². The average molecular weight is 767 g/mol. The van der Waals surface area contributed by atoms with Gasteiger partial charge in [0.15, 0.2) is 11.5 Å². The second-order valence-electron chi connectivity index (χ2n) is 11.9. The van der Waals surface area contributed by atoms with E-state index in [0.29, 0.717) is 35.5 Å². The third kappa shape index (κ3) is 15.3. The average Bonchev–Trinajstić information content (AvgIpc) is 3.07. The molecule has 0 saturated heterocycles. The second-order valence-corrected chi connectivity index (χ2v) is 14.7. The van der Waals surface area contributed by atoms with Crippen LogP contribution in [0.3, 0.4) is 0 Å². The zero-order valence-corrected chi connectivity index (χ0v) is 33.1. The van der Waals surface area contributed by atoms with Crippen molar-refractivity contribution in [1.29, 1.82) is 0 Å². The van der Waals surface area contributed by atoms with E-state index < -0.39 is 30.9 Å². The van der Waals surface area contributed by atoms with Crippen LogP contribution in [0, 0.1) is 0 Å². The van der Waals surface area contributed by atoms with Gasteiger partial charge in [-0.15, -0.1) is 0 Å². The van der Waals surface area contributed by atoms with Crippen molar-refractivity contribution in [3.63, 3.8) is 0 Å². The molecule has 10 nitrogen and oxygen atoms in total. The summed E-state index contributed by atoms with van der Waals surface area (Å²) in [5, 5.41) is 22.6. The maximum atomic E-state index is 12.3. The number of phenols is 1. The molecule has 4 aromatic carbocycles. The molecule has 272 valence electrons. The van der Waals surface area contributed by atoms with Gasteiger partial charge in [-0.1, -0.05) is 107 Å². The fourth-order valence-corrected chi connectivity index (χ4v) is 6.31. The van der Waals surface area contributed by atoms with Gasteiger partial charge < -0.3 is 24.2 Å². The summed E-state index contributed by atoms with van der Waals surface area (Å²) in [6.07, 6.45) is 11.4. The van der Waals surface area contributed by atoms with E-state index in [0.717, 1.165) is 76.3 Å². The van der Waals surface area contributed by atoms with Crippen molar-refractivity contribution in [1.82, 2.24) is 0 Å². The van der Waals surface area contributed by atoms with E-state index in [1.807, 2.05) is 24.3 Å². The number of para-hydroxylation sites is 2. The summed E-state index contributed by atoms with van der Waals surface area (Å²) in [7, 11) is -9.07. The first kappa shape index (κ1) is 44.3. The van der Waals surface area contributed by atoms with Gasteiger partial charge in [0.1, 0.15) is 27.4 Å². The molecule has 0 atom stereocenters. The fourth-order valence-electron chi connectivity index (χ4n) is 5.22. The molecule has 4 aromatic rings. The van der Waals surface area contributed by atoms with Gasteiger partial charge in [-0.2, -0.15) is 8.42 Å². The Morgan fingerprint density at radius 2 is 1.04 bits per heavy atom. The van der Waals surface area contributed by atoms with Crippen molar-refractivity contribution in [2.75, 3.05) is 0 Å². The Labute approximate surface area is 332 Å². The van der Waals surface area contributed by atoms with Crippen LogP contribution in [0.25, 0.3) is 0 Å². The van der Waals surface area contributed by atoms with E-state index in [1.165, 1.54) is 12.1 Å². The first-order chi connectivity index (χ1) is 23.8. The molecule has 0 aliphatic carbocycles. The van der Waals surface area contributed by atoms with Crippen molar-refractivity contribution < 1.29 is 45.6 Å². The number of unbranched alkanes of at least 4 members (excludes halogenated alkanes) is 8. The standard InChI is InChI=1S/2C19H24O5S.Ca/c2*1-2-3-4-5-7-10-15-13-17(25(21,22)23)14-18(20)19(15)24-16-11-8-6-9-12-16;/h2*6,8-9,11-14,20H,2-5,7,10H2,1H3,(H,21,22,23);/q;;+2/p-2. The van der Waals surface area contributed by atoms with Crippen LogP contribution in [-0.2, 0) is 33.1 Å². The first-order valence-electron chi connectivity index (χ1n) is 16.9. The molecule has 13 heteroatoms. The van der Waals surface area contributed by atoms with Crippen LogP contribution >= 0.6 is 0 Å². The van der Waals surface area contributed by atoms with Crippen molar-refractivity contribution in [2.24, 2.45) is 0 Å². The third-order valence-corrected chi connectivity index (χ3v) is 9.48. The molecule has 0 heterocycles. The molecule has 0 aliphatic rings. The van der Waals surface area contributed by atoms with Gasteiger partial charge in [0.05, 0.1) is 9.79 Å². The summed E-state index contributed by atoms with van der Waals surface area (Å²) in [6.45, 7) is 4.26. The summed E-state index contributed by atoms with van der Waals surface area (Å²) in [4.78, 5) is -0.824. The summed E-state index contributed by atoms with van der Waals surface area (Å²) >= 11 is 0. The van der Waals surface area contributed by atoms with Crippen LogP contribution in [0.2, 0.25) is 0 Å². The Kier molecular flexibility index (Phi) is 19.4. The summed E-state index contributed by atoms with van der Waals surface area (Å²) in [5.41, 5.74) is 1.02. The number of aryl methyl sites for hydroxylation is 2. The molecular weight excluding hydrogens is 721 g/mol. The van der Waals surface area contributed by atoms with Crippen molar-refractivity contribution in [3.05, 3.63) is 96.1 Å². The van der Waals surface area contributed by atoms with Gasteiger partial charge in [0.25, 0.3) is 10.1 Å². The number of ether oxygens (including phenoxy) is 2. The number of benzene rings is 4. The van der Waals surface area contributed by atoms with E-state index >= 15 is 0 Å². The quantitative estimate of drug-likeness (QED) is 0.0568. The molecule has 0 aromatic heterocycles. The predicted octanol–water partition coefficient (Wildman–Crippen LogP) is 8.53. The Bertz CT molecular complexity index is 1710. The normalized spacial score (nSPS) is 11.2. The topological polar surface area (TPSA) is 173 Å². The van der Waals surface area contributed by atoms with Gasteiger partial charge in [-0.3, -0.25) is 4.55 Å². The maximum Gasteiger partial charge on any atom is 2.00 e. The molecule has 0 radical (unpaired) electrons. The molecule has 0 bridgehead atoms. The monoisotopic (exact) mass is 766 g/mol. The molecule has 0 aliphatic heterocycles. The van der Waals surface area contributed by atoms with E-state index in [4.69, 9.17) is 9.47 Å². The molecule has 0 saturated carbocycles. The number of hydrogen-bond acceptors (Lipinski definition) is 9. The largest absolute Gasteiger partial charge is 2.00 e. The van der Waals surface area contributed by atoms with Crippen LogP contribution in [0.5, 0.6) is 34.5 Å². The zero-order chi connectivity index (χ0) is 36.6. The minimum atomic E-state index is -4.68. The van der Waals surface area contributed by atoms with Crippen molar-refractivity contribution in [2.45, 2.75) is 101 Å². The van der Waals surface area contributed by atoms with Gasteiger partial charge in [-0.25, -0.2) is 8.42 Å². The van der Waals surface area contributed by atoms with Gasteiger partial charge >= 0.3 is 37.7 Å². The molecule has 0 unspecified atom stereocenters. The fraction of sp³-hybridized carbons (Fsp3) is 0.368. The Balaban J connectivity index is 0.000000347. The molecule has 4 rings (SSSR count). The van der Waals surface area contributed by atoms with Crippen LogP contribution in [0.15, 0.2) is 94.7 Å². The van der Waals surface area contributed by atoms with Gasteiger partial charge in [-0.05, 0) is 73.7 Å². The van der Waals surface area contributed by atoms with Crippen molar-refractivity contribution in [3.8, 4) is 34.5 Å². The Hall–Kier alpha value is -2.84. The van der Waals surface area contributed by atoms with Crippen LogP contribution in [0.4, 0.5) is 0 Å². The number of rotatable bonds is 18. The zero-order valence-electron chi connectivity index (χ0n) is 29.3. The van der Waals surface area contributed by atoms with Crippen molar-refractivity contribution >= 4 is 58.0 Å². The van der Waals surface area contributed by atoms with Gasteiger partial charge in [0.2, 0.25) is 0 Å². The Morgan fingerprint density at radius 1 is 0.608 bits per heavy atom. The first-order valence-corrected chi connectivity index (χ1v) is 19.8. The predicted molar refractivity (Wildman–Crippen MR) is 195 cm³/mol. The minimum Gasteiger partial charge on any atom is -0.870 e. The number of hydrogen-bond donors (Lipinski definition) is 2. The van der Waals surface area contributed by atoms with Crippen LogP contribution in [0.1, 0.15) is 89.2 Å². The summed E-state index contributed by atoms with van der Waals surface area (Å²) < 4.78 is 77.4. The van der Waals surface area contributed by atoms with E-state index in [9.17, 15) is 36.2 Å². The van der Waals surface area contributed by atoms with E-state index in [2.05, 4.69) is 13.8 Å². The molecule has 2 N–H and O–H groups in total. The molecule has 0 amide bonds. The smallest absolute Gasteiger partial charge is 0.870 e. The maximum absolute atomic E-state index is 12.3. The third-order valence-electron chi connectivity index (χ3n) is 7.84. The molecule has 0 spiro atoms. The molecule has 51 heavy (non-hydrogen) atoms. The van der Waals surface area contributed by atoms with Crippen LogP contribution in [-0.4, -0.2) is 68.8 Å². The number of phenolic OH excluding ortho intramolecular Hbond substituents is 1. The summed E-state index contributed by atoms with van der Waals surface area (Å²) in [5.74, 6) is 0.462. The number of aromatic hydroxyl groups is 1. The summed E-state index contributed by atoms with van der Waals surface area (Å²) in [6, 6.07) is 22.3. The Morgan fingerprint density at radius 3 is 1.49 bits per heavy atom. The molecular formula is C38H46CaO10S2. The second kappa shape index (κ2) is 22.3. The molecule has 0 fully saturated rings. The van der Waals surface area contributed by atoms with Gasteiger partial charge in [0, 0.05) is 11.6 Å². The SMILES string of the molecule is CCCCCCCc1cc(S(=O)(=O)O)cc(O)c1Oc1ccccc1.CCCCCCCc1cc(S(=O)(=O)[O-])cc([O-])c1Oc1ccccc1.[Ca+2]. The minimum absolute atomic E-state index is 0. The van der Waals surface area contributed by atoms with Crippen LogP contribution < -0.4 is 14.6 Å².